The molecule has 1 fully saturated rings. The van der Waals surface area contributed by atoms with Crippen LogP contribution in [0, 0.1) is 0 Å². The second kappa shape index (κ2) is 6.94. The standard InChI is InChI=1S/C16H24N4O2/c21-15(7-5-10-19-9-3-2-8-16(19)22)18-14-12-17-13-6-1-4-11-20(13)14/h12H,1-11H2,(H,18,21). The zero-order valence-electron chi connectivity index (χ0n) is 13.0. The summed E-state index contributed by atoms with van der Waals surface area (Å²) in [5.74, 6) is 2.13. The van der Waals surface area contributed by atoms with Gasteiger partial charge in [0.15, 0.2) is 0 Å². The molecule has 0 atom stereocenters. The number of piperidine rings is 1. The van der Waals surface area contributed by atoms with Crippen molar-refractivity contribution in [2.24, 2.45) is 0 Å². The largest absolute Gasteiger partial charge is 0.343 e. The number of aromatic nitrogens is 2. The van der Waals surface area contributed by atoms with E-state index in [9.17, 15) is 9.59 Å². The molecule has 3 rings (SSSR count). The minimum atomic E-state index is 0.0118. The Morgan fingerprint density at radius 3 is 2.86 bits per heavy atom. The van der Waals surface area contributed by atoms with Gasteiger partial charge >= 0.3 is 0 Å². The summed E-state index contributed by atoms with van der Waals surface area (Å²) in [5.41, 5.74) is 0. The molecular formula is C16H24N4O2. The van der Waals surface area contributed by atoms with E-state index in [1.165, 1.54) is 6.42 Å². The molecule has 0 radical (unpaired) electrons. The first-order chi connectivity index (χ1) is 10.7. The van der Waals surface area contributed by atoms with E-state index in [0.717, 1.165) is 56.8 Å². The Labute approximate surface area is 130 Å². The fourth-order valence-electron chi connectivity index (χ4n) is 3.25. The second-order valence-electron chi connectivity index (χ2n) is 6.16. The number of carbonyl (C=O) groups is 2. The maximum Gasteiger partial charge on any atom is 0.225 e. The third kappa shape index (κ3) is 3.48. The van der Waals surface area contributed by atoms with Crippen LogP contribution in [0.1, 0.15) is 50.8 Å². The fraction of sp³-hybridized carbons (Fsp3) is 0.688. The summed E-state index contributed by atoms with van der Waals surface area (Å²) in [4.78, 5) is 30.0. The first-order valence-electron chi connectivity index (χ1n) is 8.36. The lowest BCUT2D eigenvalue weighted by Crippen LogP contribution is -2.36. The Hall–Kier alpha value is -1.85. The molecule has 1 aromatic rings. The molecule has 0 saturated carbocycles. The molecule has 6 heteroatoms. The van der Waals surface area contributed by atoms with E-state index in [0.29, 0.717) is 19.4 Å². The Kier molecular flexibility index (Phi) is 4.75. The molecule has 120 valence electrons. The van der Waals surface area contributed by atoms with Crippen LogP contribution in [-0.2, 0) is 22.6 Å². The van der Waals surface area contributed by atoms with E-state index in [1.807, 2.05) is 4.90 Å². The number of rotatable bonds is 5. The van der Waals surface area contributed by atoms with E-state index < -0.39 is 0 Å². The van der Waals surface area contributed by atoms with Crippen LogP contribution in [0.5, 0.6) is 0 Å². The third-order valence-electron chi connectivity index (χ3n) is 4.49. The lowest BCUT2D eigenvalue weighted by atomic mass is 10.1. The first kappa shape index (κ1) is 15.1. The van der Waals surface area contributed by atoms with Crippen LogP contribution in [-0.4, -0.2) is 39.4 Å². The molecule has 1 N–H and O–H groups in total. The molecule has 1 aromatic heterocycles. The van der Waals surface area contributed by atoms with Gasteiger partial charge in [0.1, 0.15) is 11.6 Å². The lowest BCUT2D eigenvalue weighted by Gasteiger charge is -2.26. The van der Waals surface area contributed by atoms with Crippen LogP contribution < -0.4 is 5.32 Å². The summed E-state index contributed by atoms with van der Waals surface area (Å²) in [6, 6.07) is 0. The summed E-state index contributed by atoms with van der Waals surface area (Å²) in [5, 5.41) is 2.96. The van der Waals surface area contributed by atoms with E-state index in [1.54, 1.807) is 6.20 Å². The quantitative estimate of drug-likeness (QED) is 0.904. The summed E-state index contributed by atoms with van der Waals surface area (Å²) in [6.07, 6.45) is 8.98. The van der Waals surface area contributed by atoms with Crippen molar-refractivity contribution in [1.82, 2.24) is 14.5 Å². The van der Waals surface area contributed by atoms with Gasteiger partial charge in [-0.3, -0.25) is 9.59 Å². The fourth-order valence-corrected chi connectivity index (χ4v) is 3.25. The van der Waals surface area contributed by atoms with Crippen molar-refractivity contribution >= 4 is 17.6 Å². The van der Waals surface area contributed by atoms with Crippen LogP contribution in [0.2, 0.25) is 0 Å². The third-order valence-corrected chi connectivity index (χ3v) is 4.49. The van der Waals surface area contributed by atoms with Crippen LogP contribution in [0.25, 0.3) is 0 Å². The Morgan fingerprint density at radius 2 is 2.00 bits per heavy atom. The number of hydrogen-bond donors (Lipinski definition) is 1. The highest BCUT2D eigenvalue weighted by molar-refractivity contribution is 5.89. The zero-order valence-corrected chi connectivity index (χ0v) is 13.0. The van der Waals surface area contributed by atoms with Gasteiger partial charge in [-0.25, -0.2) is 4.98 Å². The van der Waals surface area contributed by atoms with Gasteiger partial charge in [0.25, 0.3) is 0 Å². The number of anilines is 1. The van der Waals surface area contributed by atoms with Crippen LogP contribution >= 0.6 is 0 Å². The Morgan fingerprint density at radius 1 is 1.18 bits per heavy atom. The first-order valence-corrected chi connectivity index (χ1v) is 8.36. The van der Waals surface area contributed by atoms with E-state index in [-0.39, 0.29) is 11.8 Å². The number of nitrogens with one attached hydrogen (secondary N) is 1. The van der Waals surface area contributed by atoms with Crippen molar-refractivity contribution in [2.75, 3.05) is 18.4 Å². The van der Waals surface area contributed by atoms with Crippen molar-refractivity contribution in [1.29, 1.82) is 0 Å². The number of fused-ring (bicyclic) bond motifs is 1. The van der Waals surface area contributed by atoms with Gasteiger partial charge in [0.2, 0.25) is 11.8 Å². The summed E-state index contributed by atoms with van der Waals surface area (Å²) in [6.45, 7) is 2.47. The van der Waals surface area contributed by atoms with Gasteiger partial charge in [-0.1, -0.05) is 0 Å². The number of carbonyl (C=O) groups excluding carboxylic acids is 2. The van der Waals surface area contributed by atoms with Crippen LogP contribution in [0.4, 0.5) is 5.82 Å². The number of amides is 2. The Bertz CT molecular complexity index is 552. The van der Waals surface area contributed by atoms with Crippen molar-refractivity contribution < 1.29 is 9.59 Å². The summed E-state index contributed by atoms with van der Waals surface area (Å²) in [7, 11) is 0. The van der Waals surface area contributed by atoms with E-state index >= 15 is 0 Å². The minimum absolute atomic E-state index is 0.0118. The summed E-state index contributed by atoms with van der Waals surface area (Å²) < 4.78 is 2.11. The lowest BCUT2D eigenvalue weighted by molar-refractivity contribution is -0.133. The van der Waals surface area contributed by atoms with Crippen LogP contribution in [0.3, 0.4) is 0 Å². The topological polar surface area (TPSA) is 67.2 Å². The molecule has 6 nitrogen and oxygen atoms in total. The highest BCUT2D eigenvalue weighted by Gasteiger charge is 2.18. The maximum absolute atomic E-state index is 12.1. The number of likely N-dealkylation sites (tertiary alicyclic amines) is 1. The molecule has 22 heavy (non-hydrogen) atoms. The molecule has 3 heterocycles. The zero-order chi connectivity index (χ0) is 15.4. The van der Waals surface area contributed by atoms with Gasteiger partial charge in [-0.2, -0.15) is 0 Å². The monoisotopic (exact) mass is 304 g/mol. The highest BCUT2D eigenvalue weighted by Crippen LogP contribution is 2.19. The maximum atomic E-state index is 12.1. The number of aryl methyl sites for hydroxylation is 1. The molecule has 0 aliphatic carbocycles. The molecule has 0 aromatic carbocycles. The summed E-state index contributed by atoms with van der Waals surface area (Å²) >= 11 is 0. The van der Waals surface area contributed by atoms with Crippen LogP contribution in [0.15, 0.2) is 6.20 Å². The highest BCUT2D eigenvalue weighted by atomic mass is 16.2. The van der Waals surface area contributed by atoms with Crippen molar-refractivity contribution in [3.8, 4) is 0 Å². The van der Waals surface area contributed by atoms with Gasteiger partial charge in [-0.05, 0) is 32.1 Å². The number of nitrogens with zero attached hydrogens (tertiary/aromatic N) is 3. The number of hydrogen-bond acceptors (Lipinski definition) is 3. The molecule has 2 aliphatic heterocycles. The SMILES string of the molecule is O=C(CCCN1CCCCC1=O)Nc1cnc2n1CCCC2. The van der Waals surface area contributed by atoms with Crippen molar-refractivity contribution in [3.05, 3.63) is 12.0 Å². The van der Waals surface area contributed by atoms with Crippen molar-refractivity contribution in [3.63, 3.8) is 0 Å². The molecule has 2 amide bonds. The molecule has 2 aliphatic rings. The second-order valence-corrected chi connectivity index (χ2v) is 6.16. The predicted octanol–water partition coefficient (Wildman–Crippen LogP) is 1.95. The molecular weight excluding hydrogens is 280 g/mol. The molecule has 0 spiro atoms. The van der Waals surface area contributed by atoms with Gasteiger partial charge in [-0.15, -0.1) is 0 Å². The van der Waals surface area contributed by atoms with E-state index in [2.05, 4.69) is 14.9 Å². The van der Waals surface area contributed by atoms with Gasteiger partial charge in [0, 0.05) is 38.9 Å². The molecule has 0 unspecified atom stereocenters. The van der Waals surface area contributed by atoms with E-state index in [4.69, 9.17) is 0 Å². The average molecular weight is 304 g/mol. The Balaban J connectivity index is 1.44. The molecule has 0 bridgehead atoms. The smallest absolute Gasteiger partial charge is 0.225 e. The average Bonchev–Trinajstić information content (AvgIpc) is 2.92. The normalized spacial score (nSPS) is 18.2. The molecule has 1 saturated heterocycles. The minimum Gasteiger partial charge on any atom is -0.343 e. The number of imidazole rings is 1. The van der Waals surface area contributed by atoms with Crippen molar-refractivity contribution in [2.45, 2.75) is 57.9 Å². The van der Waals surface area contributed by atoms with Gasteiger partial charge < -0.3 is 14.8 Å². The predicted molar refractivity (Wildman–Crippen MR) is 83.5 cm³/mol. The van der Waals surface area contributed by atoms with Gasteiger partial charge in [0.05, 0.1) is 6.20 Å².